The van der Waals surface area contributed by atoms with Gasteiger partial charge in [-0.25, -0.2) is 9.18 Å². The maximum Gasteiger partial charge on any atom is 0.341 e. The van der Waals surface area contributed by atoms with Crippen LogP contribution in [0.25, 0.3) is 11.4 Å². The van der Waals surface area contributed by atoms with Crippen molar-refractivity contribution >= 4 is 29.2 Å². The number of nitrogens with zero attached hydrogens (tertiary/aromatic N) is 2. The summed E-state index contributed by atoms with van der Waals surface area (Å²) in [5, 5.41) is 4.12. The van der Waals surface area contributed by atoms with E-state index in [9.17, 15) is 9.18 Å². The number of hydrogen-bond donors (Lipinski definition) is 0. The van der Waals surface area contributed by atoms with Gasteiger partial charge in [-0.15, -0.1) is 0 Å². The van der Waals surface area contributed by atoms with Crippen LogP contribution in [-0.2, 0) is 11.3 Å². The molecule has 0 unspecified atom stereocenters. The van der Waals surface area contributed by atoms with E-state index in [1.165, 1.54) is 36.4 Å². The fraction of sp³-hybridized carbons (Fsp3) is 0.0625. The first-order chi connectivity index (χ1) is 11.5. The minimum atomic E-state index is -0.702. The van der Waals surface area contributed by atoms with Gasteiger partial charge in [0.25, 0.3) is 5.89 Å². The average Bonchev–Trinajstić information content (AvgIpc) is 3.02. The third-order valence-electron chi connectivity index (χ3n) is 3.06. The molecular formula is C16H9Cl2FN2O3. The largest absolute Gasteiger partial charge is 0.452 e. The third kappa shape index (κ3) is 3.55. The number of benzene rings is 2. The summed E-state index contributed by atoms with van der Waals surface area (Å²) in [4.78, 5) is 16.1. The molecule has 0 radical (unpaired) electrons. The first-order valence-corrected chi connectivity index (χ1v) is 7.50. The quantitative estimate of drug-likeness (QED) is 0.634. The van der Waals surface area contributed by atoms with Crippen molar-refractivity contribution in [3.8, 4) is 11.4 Å². The lowest BCUT2D eigenvalue weighted by atomic mass is 10.2. The normalized spacial score (nSPS) is 10.6. The molecule has 0 saturated carbocycles. The summed E-state index contributed by atoms with van der Waals surface area (Å²) in [6.45, 7) is -0.241. The maximum atomic E-state index is 12.9. The number of esters is 1. The van der Waals surface area contributed by atoms with E-state index in [1.54, 1.807) is 6.07 Å². The molecule has 0 amide bonds. The van der Waals surface area contributed by atoms with Crippen LogP contribution >= 0.6 is 23.2 Å². The molecule has 0 aliphatic rings. The summed E-state index contributed by atoms with van der Waals surface area (Å²) in [5.41, 5.74) is 0.644. The number of hydrogen-bond acceptors (Lipinski definition) is 5. The zero-order valence-corrected chi connectivity index (χ0v) is 13.5. The van der Waals surface area contributed by atoms with Crippen LogP contribution in [0.4, 0.5) is 4.39 Å². The summed E-state index contributed by atoms with van der Waals surface area (Å²) < 4.78 is 23.0. The number of ether oxygens (including phenoxy) is 1. The molecule has 0 aliphatic carbocycles. The molecule has 3 aromatic rings. The van der Waals surface area contributed by atoms with E-state index in [0.717, 1.165) is 0 Å². The number of aromatic nitrogens is 2. The van der Waals surface area contributed by atoms with Gasteiger partial charge in [-0.05, 0) is 36.4 Å². The second kappa shape index (κ2) is 6.98. The highest BCUT2D eigenvalue weighted by Crippen LogP contribution is 2.25. The second-order valence-corrected chi connectivity index (χ2v) is 5.51. The third-order valence-corrected chi connectivity index (χ3v) is 3.69. The Morgan fingerprint density at radius 3 is 2.46 bits per heavy atom. The topological polar surface area (TPSA) is 65.2 Å². The van der Waals surface area contributed by atoms with Crippen LogP contribution in [0.3, 0.4) is 0 Å². The predicted molar refractivity (Wildman–Crippen MR) is 85.3 cm³/mol. The fourth-order valence-corrected chi connectivity index (χ4v) is 2.47. The van der Waals surface area contributed by atoms with Gasteiger partial charge in [-0.3, -0.25) is 0 Å². The molecule has 0 spiro atoms. The molecule has 3 rings (SSSR count). The molecule has 122 valence electrons. The molecule has 24 heavy (non-hydrogen) atoms. The van der Waals surface area contributed by atoms with Gasteiger partial charge in [-0.2, -0.15) is 4.98 Å². The number of carbonyl (C=O) groups excluding carboxylic acids is 1. The SMILES string of the molecule is O=C(OCc1nc(-c2ccc(F)cc2)no1)c1c(Cl)cccc1Cl. The molecule has 0 bridgehead atoms. The Bertz CT molecular complexity index is 861. The van der Waals surface area contributed by atoms with E-state index in [2.05, 4.69) is 10.1 Å². The fourth-order valence-electron chi connectivity index (χ4n) is 1.92. The zero-order valence-electron chi connectivity index (χ0n) is 12.0. The maximum absolute atomic E-state index is 12.9. The van der Waals surface area contributed by atoms with Crippen LogP contribution in [-0.4, -0.2) is 16.1 Å². The van der Waals surface area contributed by atoms with Crippen molar-refractivity contribution in [1.29, 1.82) is 0 Å². The van der Waals surface area contributed by atoms with Crippen molar-refractivity contribution in [3.63, 3.8) is 0 Å². The first-order valence-electron chi connectivity index (χ1n) is 6.74. The summed E-state index contributed by atoms with van der Waals surface area (Å²) >= 11 is 11.9. The van der Waals surface area contributed by atoms with Crippen LogP contribution in [0.15, 0.2) is 47.0 Å². The van der Waals surface area contributed by atoms with E-state index < -0.39 is 5.97 Å². The van der Waals surface area contributed by atoms with Gasteiger partial charge in [0.15, 0.2) is 6.61 Å². The van der Waals surface area contributed by atoms with E-state index >= 15 is 0 Å². The number of rotatable bonds is 4. The molecule has 1 heterocycles. The molecule has 2 aromatic carbocycles. The summed E-state index contributed by atoms with van der Waals surface area (Å²) in [6, 6.07) is 10.3. The number of carbonyl (C=O) groups is 1. The van der Waals surface area contributed by atoms with Crippen molar-refractivity contribution in [2.24, 2.45) is 0 Å². The van der Waals surface area contributed by atoms with Crippen molar-refractivity contribution < 1.29 is 18.4 Å². The predicted octanol–water partition coefficient (Wildman–Crippen LogP) is 4.54. The molecule has 0 atom stereocenters. The van der Waals surface area contributed by atoms with Crippen LogP contribution in [0, 0.1) is 5.82 Å². The Kier molecular flexibility index (Phi) is 4.78. The van der Waals surface area contributed by atoms with E-state index in [-0.39, 0.29) is 39.7 Å². The van der Waals surface area contributed by atoms with E-state index in [1.807, 2.05) is 0 Å². The minimum absolute atomic E-state index is 0.0686. The van der Waals surface area contributed by atoms with Crippen molar-refractivity contribution in [3.05, 3.63) is 69.8 Å². The molecule has 8 heteroatoms. The Labute approximate surface area is 146 Å². The van der Waals surface area contributed by atoms with Gasteiger partial charge >= 0.3 is 5.97 Å². The van der Waals surface area contributed by atoms with Crippen LogP contribution in [0.1, 0.15) is 16.2 Å². The Balaban J connectivity index is 1.69. The van der Waals surface area contributed by atoms with Gasteiger partial charge < -0.3 is 9.26 Å². The highest BCUT2D eigenvalue weighted by atomic mass is 35.5. The van der Waals surface area contributed by atoms with Gasteiger partial charge in [0.05, 0.1) is 15.6 Å². The molecule has 0 aliphatic heterocycles. The highest BCUT2D eigenvalue weighted by molar-refractivity contribution is 6.39. The van der Waals surface area contributed by atoms with Crippen molar-refractivity contribution in [1.82, 2.24) is 10.1 Å². The van der Waals surface area contributed by atoms with Crippen molar-refractivity contribution in [2.75, 3.05) is 0 Å². The second-order valence-electron chi connectivity index (χ2n) is 4.69. The summed E-state index contributed by atoms with van der Waals surface area (Å²) in [6.07, 6.45) is 0. The molecule has 0 saturated heterocycles. The van der Waals surface area contributed by atoms with Gasteiger partial charge in [0, 0.05) is 5.56 Å². The van der Waals surface area contributed by atoms with Crippen LogP contribution in [0.5, 0.6) is 0 Å². The van der Waals surface area contributed by atoms with Gasteiger partial charge in [0.1, 0.15) is 5.82 Å². The molecule has 0 fully saturated rings. The number of halogens is 3. The smallest absolute Gasteiger partial charge is 0.341 e. The Morgan fingerprint density at radius 2 is 1.79 bits per heavy atom. The van der Waals surface area contributed by atoms with Crippen LogP contribution in [0.2, 0.25) is 10.0 Å². The lowest BCUT2D eigenvalue weighted by Crippen LogP contribution is -2.07. The lowest BCUT2D eigenvalue weighted by Gasteiger charge is -2.05. The Morgan fingerprint density at radius 1 is 1.12 bits per heavy atom. The molecular weight excluding hydrogens is 358 g/mol. The van der Waals surface area contributed by atoms with Gasteiger partial charge in [-0.1, -0.05) is 34.4 Å². The lowest BCUT2D eigenvalue weighted by molar-refractivity contribution is 0.0430. The molecule has 1 aromatic heterocycles. The summed E-state index contributed by atoms with van der Waals surface area (Å²) in [7, 11) is 0. The standard InChI is InChI=1S/C16H9Cl2FN2O3/c17-11-2-1-3-12(18)14(11)16(22)23-8-13-20-15(21-24-13)9-4-6-10(19)7-5-9/h1-7H,8H2. The van der Waals surface area contributed by atoms with Crippen LogP contribution < -0.4 is 0 Å². The van der Waals surface area contributed by atoms with Crippen molar-refractivity contribution in [2.45, 2.75) is 6.61 Å². The molecule has 0 N–H and O–H groups in total. The average molecular weight is 367 g/mol. The first kappa shape index (κ1) is 16.4. The highest BCUT2D eigenvalue weighted by Gasteiger charge is 2.17. The van der Waals surface area contributed by atoms with E-state index in [0.29, 0.717) is 5.56 Å². The zero-order chi connectivity index (χ0) is 17.1. The minimum Gasteiger partial charge on any atom is -0.452 e. The van der Waals surface area contributed by atoms with Gasteiger partial charge in [0.2, 0.25) is 5.82 Å². The van der Waals surface area contributed by atoms with E-state index in [4.69, 9.17) is 32.5 Å². The molecule has 5 nitrogen and oxygen atoms in total. The Hall–Kier alpha value is -2.44. The summed E-state index contributed by atoms with van der Waals surface area (Å²) in [5.74, 6) is -0.720. The monoisotopic (exact) mass is 366 g/mol.